The van der Waals surface area contributed by atoms with Crippen molar-refractivity contribution >= 4 is 15.7 Å². The zero-order valence-corrected chi connectivity index (χ0v) is 12.7. The number of hydrogen-bond acceptors (Lipinski definition) is 3. The number of carbonyl (C=O) groups excluding carboxylic acids is 1. The Balaban J connectivity index is 1.96. The highest BCUT2D eigenvalue weighted by molar-refractivity contribution is 7.91. The maximum absolute atomic E-state index is 12.4. The fourth-order valence-corrected chi connectivity index (χ4v) is 3.01. The highest BCUT2D eigenvalue weighted by Crippen LogP contribution is 2.19. The highest BCUT2D eigenvalue weighted by atomic mass is 32.2. The Morgan fingerprint density at radius 2 is 1.91 bits per heavy atom. The van der Waals surface area contributed by atoms with Gasteiger partial charge in [0.15, 0.2) is 0 Å². The van der Waals surface area contributed by atoms with Gasteiger partial charge in [-0.2, -0.15) is 8.78 Å². The summed E-state index contributed by atoms with van der Waals surface area (Å²) in [4.78, 5) is 11.5. The van der Waals surface area contributed by atoms with Crippen LogP contribution in [-0.4, -0.2) is 26.1 Å². The van der Waals surface area contributed by atoms with E-state index in [2.05, 4.69) is 11.4 Å². The lowest BCUT2D eigenvalue weighted by atomic mass is 10.0. The van der Waals surface area contributed by atoms with Crippen molar-refractivity contribution in [2.75, 3.05) is 0 Å². The van der Waals surface area contributed by atoms with Crippen molar-refractivity contribution in [2.24, 2.45) is 0 Å². The fourth-order valence-electron chi connectivity index (χ4n) is 2.29. The predicted octanol–water partition coefficient (Wildman–Crippen LogP) is 2.45. The molecule has 0 fully saturated rings. The van der Waals surface area contributed by atoms with E-state index in [1.165, 1.54) is 12.1 Å². The molecule has 120 valence electrons. The lowest BCUT2D eigenvalue weighted by Gasteiger charge is -2.19. The molecule has 0 radical (unpaired) electrons. The quantitative estimate of drug-likeness (QED) is 0.844. The molecule has 0 aromatic heterocycles. The van der Waals surface area contributed by atoms with Crippen LogP contribution in [0.15, 0.2) is 41.3 Å². The molecule has 1 N–H and O–H groups in total. The molecule has 1 aliphatic rings. The van der Waals surface area contributed by atoms with Crippen LogP contribution in [0.3, 0.4) is 0 Å². The van der Waals surface area contributed by atoms with Crippen LogP contribution in [0.2, 0.25) is 0 Å². The van der Waals surface area contributed by atoms with E-state index in [9.17, 15) is 22.0 Å². The van der Waals surface area contributed by atoms with Gasteiger partial charge in [-0.05, 0) is 37.0 Å². The number of sulfone groups is 1. The lowest BCUT2D eigenvalue weighted by Crippen LogP contribution is -2.36. The van der Waals surface area contributed by atoms with Gasteiger partial charge in [0.05, 0.1) is 11.3 Å². The van der Waals surface area contributed by atoms with Gasteiger partial charge in [-0.25, -0.2) is 8.42 Å². The van der Waals surface area contributed by atoms with Crippen molar-refractivity contribution in [3.63, 3.8) is 0 Å². The van der Waals surface area contributed by atoms with Gasteiger partial charge in [-0.1, -0.05) is 24.3 Å². The number of amides is 1. The molecule has 0 bridgehead atoms. The van der Waals surface area contributed by atoms with Gasteiger partial charge in [0.25, 0.3) is 0 Å². The molecule has 2 rings (SSSR count). The van der Waals surface area contributed by atoms with Crippen molar-refractivity contribution in [3.05, 3.63) is 42.0 Å². The fraction of sp³-hybridized carbons (Fsp3) is 0.400. The minimum absolute atomic E-state index is 0.0925. The van der Waals surface area contributed by atoms with Gasteiger partial charge < -0.3 is 5.32 Å². The number of halogens is 2. The number of benzene rings is 1. The molecule has 0 saturated heterocycles. The Labute approximate surface area is 128 Å². The van der Waals surface area contributed by atoms with E-state index < -0.39 is 20.5 Å². The summed E-state index contributed by atoms with van der Waals surface area (Å²) < 4.78 is 47.4. The number of carbonyl (C=O) groups is 1. The molecule has 4 nitrogen and oxygen atoms in total. The molecular weight excluding hydrogens is 312 g/mol. The minimum atomic E-state index is -4.59. The van der Waals surface area contributed by atoms with E-state index in [-0.39, 0.29) is 18.4 Å². The maximum Gasteiger partial charge on any atom is 0.341 e. The van der Waals surface area contributed by atoms with Gasteiger partial charge in [-0.15, -0.1) is 0 Å². The Morgan fingerprint density at radius 3 is 2.45 bits per heavy atom. The third-order valence-corrected chi connectivity index (χ3v) is 4.88. The molecule has 1 unspecified atom stereocenters. The highest BCUT2D eigenvalue weighted by Gasteiger charge is 2.26. The summed E-state index contributed by atoms with van der Waals surface area (Å²) in [5.74, 6) is -3.61. The molecule has 22 heavy (non-hydrogen) atoms. The maximum atomic E-state index is 12.4. The van der Waals surface area contributed by atoms with Gasteiger partial charge in [0, 0.05) is 6.04 Å². The number of nitrogens with one attached hydrogen (secondary N) is 1. The predicted molar refractivity (Wildman–Crippen MR) is 78.3 cm³/mol. The van der Waals surface area contributed by atoms with Crippen molar-refractivity contribution in [1.29, 1.82) is 0 Å². The first-order chi connectivity index (χ1) is 10.4. The summed E-state index contributed by atoms with van der Waals surface area (Å²) >= 11 is 0. The second kappa shape index (κ2) is 7.00. The van der Waals surface area contributed by atoms with Crippen molar-refractivity contribution in [1.82, 2.24) is 5.32 Å². The van der Waals surface area contributed by atoms with E-state index in [1.807, 2.05) is 6.08 Å². The van der Waals surface area contributed by atoms with Crippen LogP contribution < -0.4 is 5.32 Å². The van der Waals surface area contributed by atoms with Gasteiger partial charge >= 0.3 is 5.76 Å². The number of allylic oxidation sites excluding steroid dienone is 1. The molecule has 1 aromatic carbocycles. The third-order valence-electron chi connectivity index (χ3n) is 3.49. The van der Waals surface area contributed by atoms with Crippen molar-refractivity contribution in [2.45, 2.75) is 42.4 Å². The molecule has 0 spiro atoms. The van der Waals surface area contributed by atoms with Crippen LogP contribution in [0.5, 0.6) is 0 Å². The third kappa shape index (κ3) is 4.13. The summed E-state index contributed by atoms with van der Waals surface area (Å²) in [5.41, 5.74) is 0.581. The molecular formula is C15H17F2NO3S. The average molecular weight is 329 g/mol. The van der Waals surface area contributed by atoms with Crippen molar-refractivity contribution < 1.29 is 22.0 Å². The van der Waals surface area contributed by atoms with E-state index in [0.717, 1.165) is 31.4 Å². The summed E-state index contributed by atoms with van der Waals surface area (Å²) in [5, 5.41) is 2.90. The van der Waals surface area contributed by atoms with Gasteiger partial charge in [0.1, 0.15) is 0 Å². The first-order valence-electron chi connectivity index (χ1n) is 6.95. The van der Waals surface area contributed by atoms with Crippen molar-refractivity contribution in [3.8, 4) is 0 Å². The number of hydrogen-bond donors (Lipinski definition) is 1. The summed E-state index contributed by atoms with van der Waals surface area (Å²) in [6.07, 6.45) is 6.83. The SMILES string of the molecule is O=C(Cc1ccc(S(=O)(=O)C(F)F)cc1)NC1CC=CCC1. The first-order valence-corrected chi connectivity index (χ1v) is 8.49. The molecule has 0 aliphatic heterocycles. The first kappa shape index (κ1) is 16.6. The standard InChI is InChI=1S/C15H17F2NO3S/c16-15(17)22(20,21)13-8-6-11(7-9-13)10-14(19)18-12-4-2-1-3-5-12/h1-2,6-9,12,15H,3-5,10H2,(H,18,19). The molecule has 7 heteroatoms. The van der Waals surface area contributed by atoms with Crippen LogP contribution in [0.25, 0.3) is 0 Å². The number of alkyl halides is 2. The van der Waals surface area contributed by atoms with Gasteiger partial charge in [-0.3, -0.25) is 4.79 Å². The normalized spacial score (nSPS) is 18.4. The minimum Gasteiger partial charge on any atom is -0.353 e. The Morgan fingerprint density at radius 1 is 1.23 bits per heavy atom. The molecule has 1 aliphatic carbocycles. The zero-order valence-electron chi connectivity index (χ0n) is 11.8. The Bertz CT molecular complexity index is 654. The summed E-state index contributed by atoms with van der Waals surface area (Å²) in [6, 6.07) is 5.10. The number of rotatable bonds is 5. The van der Waals surface area contributed by atoms with E-state index >= 15 is 0 Å². The van der Waals surface area contributed by atoms with Crippen LogP contribution in [-0.2, 0) is 21.1 Å². The molecule has 1 atom stereocenters. The largest absolute Gasteiger partial charge is 0.353 e. The lowest BCUT2D eigenvalue weighted by molar-refractivity contribution is -0.121. The second-order valence-electron chi connectivity index (χ2n) is 5.18. The van der Waals surface area contributed by atoms with E-state index in [0.29, 0.717) is 5.56 Å². The Kier molecular flexibility index (Phi) is 5.28. The van der Waals surface area contributed by atoms with E-state index in [4.69, 9.17) is 0 Å². The van der Waals surface area contributed by atoms with Crippen LogP contribution in [0.1, 0.15) is 24.8 Å². The topological polar surface area (TPSA) is 63.2 Å². The zero-order chi connectivity index (χ0) is 16.2. The average Bonchev–Trinajstić information content (AvgIpc) is 2.48. The van der Waals surface area contributed by atoms with Crippen LogP contribution in [0, 0.1) is 0 Å². The Hall–Kier alpha value is -1.76. The molecule has 0 saturated carbocycles. The molecule has 1 aromatic rings. The van der Waals surface area contributed by atoms with Gasteiger partial charge in [0.2, 0.25) is 15.7 Å². The molecule has 0 heterocycles. The second-order valence-corrected chi connectivity index (χ2v) is 7.09. The van der Waals surface area contributed by atoms with Crippen LogP contribution >= 0.6 is 0 Å². The summed E-state index contributed by atoms with van der Waals surface area (Å²) in [6.45, 7) is 0. The van der Waals surface area contributed by atoms with E-state index in [1.54, 1.807) is 0 Å². The monoisotopic (exact) mass is 329 g/mol. The summed E-state index contributed by atoms with van der Waals surface area (Å²) in [7, 11) is -4.59. The molecule has 1 amide bonds. The van der Waals surface area contributed by atoms with Crippen LogP contribution in [0.4, 0.5) is 8.78 Å². The smallest absolute Gasteiger partial charge is 0.341 e.